The molecule has 88 valence electrons. The van der Waals surface area contributed by atoms with Gasteiger partial charge in [0.15, 0.2) is 0 Å². The molecule has 0 N–H and O–H groups in total. The fraction of sp³-hybridized carbons (Fsp3) is 0.286. The molecule has 2 rings (SSSR count). The van der Waals surface area contributed by atoms with Gasteiger partial charge in [-0.05, 0) is 26.3 Å². The number of hydrogen-bond donors (Lipinski definition) is 0. The van der Waals surface area contributed by atoms with Crippen LogP contribution in [0.4, 0.5) is 0 Å². The van der Waals surface area contributed by atoms with Crippen LogP contribution in [0, 0.1) is 0 Å². The number of benzene rings is 1. The molecule has 0 aliphatic carbocycles. The Kier molecular flexibility index (Phi) is 2.84. The lowest BCUT2D eigenvalue weighted by Crippen LogP contribution is -2.15. The predicted molar refractivity (Wildman–Crippen MR) is 67.7 cm³/mol. The van der Waals surface area contributed by atoms with E-state index >= 15 is 0 Å². The van der Waals surface area contributed by atoms with Crippen molar-refractivity contribution in [3.05, 3.63) is 42.0 Å². The van der Waals surface area contributed by atoms with Crippen LogP contribution >= 0.6 is 0 Å². The number of nitrogens with zero attached hydrogens (tertiary/aromatic N) is 1. The highest BCUT2D eigenvalue weighted by molar-refractivity contribution is 6.30. The summed E-state index contributed by atoms with van der Waals surface area (Å²) in [5, 5.41) is 0. The molecule has 17 heavy (non-hydrogen) atoms. The Morgan fingerprint density at radius 1 is 1.12 bits per heavy atom. The highest BCUT2D eigenvalue weighted by Gasteiger charge is 2.25. The Bertz CT molecular complexity index is 493. The Balaban J connectivity index is 2.42. The highest BCUT2D eigenvalue weighted by atomic mass is 16.5. The molecule has 1 aromatic rings. The first-order valence-electron chi connectivity index (χ1n) is 5.55. The van der Waals surface area contributed by atoms with E-state index in [2.05, 4.69) is 4.99 Å². The van der Waals surface area contributed by atoms with E-state index < -0.39 is 0 Å². The van der Waals surface area contributed by atoms with Crippen LogP contribution in [0.3, 0.4) is 0 Å². The fourth-order valence-electron chi connectivity index (χ4n) is 1.57. The van der Waals surface area contributed by atoms with Gasteiger partial charge in [-0.3, -0.25) is 0 Å². The summed E-state index contributed by atoms with van der Waals surface area (Å²) in [7, 11) is 0. The predicted octanol–water partition coefficient (Wildman–Crippen LogP) is 2.82. The monoisotopic (exact) mass is 229 g/mol. The van der Waals surface area contributed by atoms with Gasteiger partial charge in [0.1, 0.15) is 0 Å². The van der Waals surface area contributed by atoms with Crippen molar-refractivity contribution in [3.63, 3.8) is 0 Å². The lowest BCUT2D eigenvalue weighted by Gasteiger charge is -2.14. The lowest BCUT2D eigenvalue weighted by atomic mass is 10.1. The number of rotatable bonds is 1. The molecule has 0 saturated carbocycles. The third-order valence-electron chi connectivity index (χ3n) is 2.21. The van der Waals surface area contributed by atoms with E-state index in [1.54, 1.807) is 0 Å². The lowest BCUT2D eigenvalue weighted by molar-refractivity contribution is -0.129. The number of hydrogen-bond acceptors (Lipinski definition) is 3. The largest absolute Gasteiger partial charge is 0.404 e. The molecule has 1 aliphatic heterocycles. The van der Waals surface area contributed by atoms with Gasteiger partial charge >= 0.3 is 5.97 Å². The van der Waals surface area contributed by atoms with Crippen LogP contribution in [0.2, 0.25) is 0 Å². The molecular formula is C14H15NO2. The van der Waals surface area contributed by atoms with E-state index in [0.29, 0.717) is 5.90 Å². The number of cyclic esters (lactones) is 1. The van der Waals surface area contributed by atoms with E-state index in [4.69, 9.17) is 4.74 Å². The molecule has 0 bridgehead atoms. The summed E-state index contributed by atoms with van der Waals surface area (Å²) in [5.74, 6) is 0.0561. The van der Waals surface area contributed by atoms with Gasteiger partial charge in [0, 0.05) is 6.08 Å². The summed E-state index contributed by atoms with van der Waals surface area (Å²) in [6.45, 7) is 5.90. The van der Waals surface area contributed by atoms with Crippen molar-refractivity contribution in [2.75, 3.05) is 0 Å². The van der Waals surface area contributed by atoms with Crippen molar-refractivity contribution in [2.24, 2.45) is 4.99 Å². The van der Waals surface area contributed by atoms with Gasteiger partial charge in [-0.2, -0.15) is 0 Å². The number of aliphatic imine (C=N–C) groups is 1. The second kappa shape index (κ2) is 4.17. The van der Waals surface area contributed by atoms with Crippen molar-refractivity contribution < 1.29 is 9.53 Å². The zero-order valence-corrected chi connectivity index (χ0v) is 10.2. The maximum absolute atomic E-state index is 11.3. The Labute approximate surface area is 101 Å². The van der Waals surface area contributed by atoms with Gasteiger partial charge in [0.25, 0.3) is 0 Å². The third kappa shape index (κ3) is 2.81. The van der Waals surface area contributed by atoms with Gasteiger partial charge in [-0.25, -0.2) is 9.79 Å². The number of esters is 1. The van der Waals surface area contributed by atoms with E-state index in [1.165, 1.54) is 6.08 Å². The van der Waals surface area contributed by atoms with Gasteiger partial charge < -0.3 is 4.74 Å². The minimum atomic E-state index is -0.355. The quantitative estimate of drug-likeness (QED) is 0.694. The van der Waals surface area contributed by atoms with Crippen LogP contribution in [-0.2, 0) is 9.53 Å². The van der Waals surface area contributed by atoms with Crippen molar-refractivity contribution in [1.29, 1.82) is 0 Å². The first-order valence-corrected chi connectivity index (χ1v) is 5.55. The van der Waals surface area contributed by atoms with Crippen molar-refractivity contribution in [3.8, 4) is 0 Å². The standard InChI is InChI=1S/C14H15NO2/c1-14(2,3)15-13-11(9-12(16)17-13)10-7-5-4-6-8-10/h4-9H,1-3H3. The first-order chi connectivity index (χ1) is 7.96. The first kappa shape index (κ1) is 11.6. The van der Waals surface area contributed by atoms with Gasteiger partial charge in [0.2, 0.25) is 5.90 Å². The van der Waals surface area contributed by atoms with Crippen molar-refractivity contribution >= 4 is 17.4 Å². The van der Waals surface area contributed by atoms with Crippen LogP contribution in [0.25, 0.3) is 5.57 Å². The molecule has 3 nitrogen and oxygen atoms in total. The Morgan fingerprint density at radius 3 is 2.35 bits per heavy atom. The van der Waals surface area contributed by atoms with Crippen molar-refractivity contribution in [2.45, 2.75) is 26.3 Å². The molecule has 0 fully saturated rings. The van der Waals surface area contributed by atoms with Gasteiger partial charge in [-0.1, -0.05) is 30.3 Å². The molecular weight excluding hydrogens is 214 g/mol. The smallest absolute Gasteiger partial charge is 0.338 e. The summed E-state index contributed by atoms with van der Waals surface area (Å²) in [5.41, 5.74) is 1.43. The summed E-state index contributed by atoms with van der Waals surface area (Å²) < 4.78 is 5.12. The van der Waals surface area contributed by atoms with E-state index in [1.807, 2.05) is 51.1 Å². The molecule has 0 amide bonds. The van der Waals surface area contributed by atoms with Gasteiger partial charge in [-0.15, -0.1) is 0 Å². The second-order valence-electron chi connectivity index (χ2n) is 4.93. The maximum atomic E-state index is 11.3. The van der Waals surface area contributed by atoms with Crippen LogP contribution < -0.4 is 0 Å². The number of carbonyl (C=O) groups excluding carboxylic acids is 1. The number of carbonyl (C=O) groups is 1. The summed E-state index contributed by atoms with van der Waals surface area (Å²) >= 11 is 0. The highest BCUT2D eigenvalue weighted by Crippen LogP contribution is 2.24. The van der Waals surface area contributed by atoms with Crippen LogP contribution in [0.1, 0.15) is 26.3 Å². The van der Waals surface area contributed by atoms with Gasteiger partial charge in [0.05, 0.1) is 11.1 Å². The molecule has 0 saturated heterocycles. The molecule has 1 aromatic carbocycles. The van der Waals surface area contributed by atoms with E-state index in [0.717, 1.165) is 11.1 Å². The molecule has 0 atom stereocenters. The molecule has 0 spiro atoms. The van der Waals surface area contributed by atoms with Crippen LogP contribution in [0.15, 0.2) is 41.4 Å². The van der Waals surface area contributed by atoms with Crippen LogP contribution in [-0.4, -0.2) is 17.4 Å². The topological polar surface area (TPSA) is 38.7 Å². The Hall–Kier alpha value is -1.90. The Morgan fingerprint density at radius 2 is 1.76 bits per heavy atom. The van der Waals surface area contributed by atoms with E-state index in [-0.39, 0.29) is 11.5 Å². The summed E-state index contributed by atoms with van der Waals surface area (Å²) in [4.78, 5) is 15.8. The minimum Gasteiger partial charge on any atom is -0.404 e. The second-order valence-corrected chi connectivity index (χ2v) is 4.93. The van der Waals surface area contributed by atoms with Crippen LogP contribution in [0.5, 0.6) is 0 Å². The molecule has 1 aliphatic rings. The summed E-state index contributed by atoms with van der Waals surface area (Å²) in [6, 6.07) is 9.65. The van der Waals surface area contributed by atoms with Crippen molar-refractivity contribution in [1.82, 2.24) is 0 Å². The molecule has 0 unspecified atom stereocenters. The average Bonchev–Trinajstić information content (AvgIpc) is 2.58. The SMILES string of the molecule is CC(C)(C)N=C1OC(=O)C=C1c1ccccc1. The molecule has 1 heterocycles. The average molecular weight is 229 g/mol. The third-order valence-corrected chi connectivity index (χ3v) is 2.21. The fourth-order valence-corrected chi connectivity index (χ4v) is 1.57. The normalized spacial score (nSPS) is 18.2. The molecule has 3 heteroatoms. The summed E-state index contributed by atoms with van der Waals surface area (Å²) in [6.07, 6.45) is 1.49. The molecule has 0 aromatic heterocycles. The van der Waals surface area contributed by atoms with E-state index in [9.17, 15) is 4.79 Å². The number of ether oxygens (including phenoxy) is 1. The zero-order valence-electron chi connectivity index (χ0n) is 10.2. The molecule has 0 radical (unpaired) electrons. The minimum absolute atomic E-state index is 0.270. The zero-order chi connectivity index (χ0) is 12.5. The maximum Gasteiger partial charge on any atom is 0.338 e.